The summed E-state index contributed by atoms with van der Waals surface area (Å²) in [5.74, 6) is 1.04. The van der Waals surface area contributed by atoms with E-state index in [1.165, 1.54) is 42.9 Å². The number of hydrogen-bond acceptors (Lipinski definition) is 8. The first-order chi connectivity index (χ1) is 29.4. The minimum atomic E-state index is -0.692. The van der Waals surface area contributed by atoms with E-state index in [0.29, 0.717) is 13.1 Å². The number of likely N-dealkylation sites (tertiary alicyclic amines) is 2. The summed E-state index contributed by atoms with van der Waals surface area (Å²) in [5.41, 5.74) is 11.0. The van der Waals surface area contributed by atoms with Gasteiger partial charge in [0, 0.05) is 13.1 Å². The Morgan fingerprint density at radius 3 is 1.44 bits per heavy atom. The molecule has 4 heterocycles. The van der Waals surface area contributed by atoms with Crippen molar-refractivity contribution in [2.24, 2.45) is 11.8 Å². The first-order valence-corrected chi connectivity index (χ1v) is 21.9. The molecule has 3 aliphatic rings. The minimum Gasteiger partial charge on any atom is -0.453 e. The van der Waals surface area contributed by atoms with Crippen LogP contribution in [0.25, 0.3) is 44.3 Å². The maximum atomic E-state index is 13.8. The average Bonchev–Trinajstić information content (AvgIpc) is 4.07. The molecule has 0 spiro atoms. The van der Waals surface area contributed by atoms with Crippen LogP contribution < -0.4 is 10.6 Å². The van der Waals surface area contributed by atoms with Gasteiger partial charge in [-0.05, 0) is 121 Å². The van der Waals surface area contributed by atoms with Crippen molar-refractivity contribution in [3.05, 3.63) is 71.3 Å². The summed E-state index contributed by atoms with van der Waals surface area (Å²) in [4.78, 5) is 72.6. The maximum Gasteiger partial charge on any atom is 0.407 e. The van der Waals surface area contributed by atoms with Gasteiger partial charge < -0.3 is 39.9 Å². The van der Waals surface area contributed by atoms with E-state index in [4.69, 9.17) is 19.4 Å². The molecule has 4 N–H and O–H groups in total. The van der Waals surface area contributed by atoms with Crippen molar-refractivity contribution < 1.29 is 28.7 Å². The lowest BCUT2D eigenvalue weighted by Gasteiger charge is -2.29. The van der Waals surface area contributed by atoms with Crippen LogP contribution in [0.4, 0.5) is 9.59 Å². The summed E-state index contributed by atoms with van der Waals surface area (Å²) in [5, 5.41) is 5.47. The largest absolute Gasteiger partial charge is 0.453 e. The van der Waals surface area contributed by atoms with Gasteiger partial charge in [-0.2, -0.15) is 0 Å². The van der Waals surface area contributed by atoms with Crippen LogP contribution in [0.3, 0.4) is 0 Å². The van der Waals surface area contributed by atoms with E-state index < -0.39 is 24.3 Å². The van der Waals surface area contributed by atoms with Gasteiger partial charge >= 0.3 is 12.2 Å². The molecule has 5 aromatic rings. The molecule has 1 aliphatic carbocycles. The third-order valence-electron chi connectivity index (χ3n) is 12.9. The van der Waals surface area contributed by atoms with Gasteiger partial charge in [0.05, 0.1) is 48.4 Å². The normalized spacial score (nSPS) is 19.0. The number of nitrogens with one attached hydrogen (secondary N) is 4. The van der Waals surface area contributed by atoms with E-state index in [2.05, 4.69) is 69.1 Å². The molecular weight excluding hydrogens is 773 g/mol. The summed E-state index contributed by atoms with van der Waals surface area (Å²) in [6, 6.07) is 15.5. The predicted molar refractivity (Wildman–Crippen MR) is 234 cm³/mol. The van der Waals surface area contributed by atoms with E-state index >= 15 is 0 Å². The third-order valence-corrected chi connectivity index (χ3v) is 12.9. The number of fused-ring (bicyclic) bond motifs is 3. The summed E-state index contributed by atoms with van der Waals surface area (Å²) in [7, 11) is 2.61. The van der Waals surface area contributed by atoms with Crippen molar-refractivity contribution in [3.63, 3.8) is 0 Å². The Bertz CT molecular complexity index is 2290. The summed E-state index contributed by atoms with van der Waals surface area (Å²) in [6.45, 7) is 8.87. The average molecular weight is 831 g/mol. The Labute approximate surface area is 356 Å². The van der Waals surface area contributed by atoms with Gasteiger partial charge in [-0.3, -0.25) is 9.59 Å². The molecule has 2 fully saturated rings. The zero-order valence-corrected chi connectivity index (χ0v) is 36.1. The molecule has 4 amide bonds. The fraction of sp³-hybridized carbons (Fsp3) is 0.489. The number of methoxy groups -OCH3 is 2. The number of benzene rings is 3. The fourth-order valence-corrected chi connectivity index (χ4v) is 9.68. The standard InChI is InChI=1S/C47H58N8O6/c1-26(2)40(52-46(58)60-5)44(56)54-22-10-14-38(54)42-48-34-20-16-28(24-36(34)50-42)30-18-19-31(33-13-9-7-8-12-32(30)33)29-17-21-35-37(25-29)51-43(49-35)39-15-11-23-55(39)45(57)41(27(3)4)53-47(59)61-6/h16-21,24-27,38-41H,7-15,22-23H2,1-6H3,(H,48,50)(H,49,51)(H,52,58)(H,53,59). The quantitative estimate of drug-likeness (QED) is 0.102. The van der Waals surface area contributed by atoms with Crippen molar-refractivity contribution in [3.8, 4) is 22.3 Å². The molecule has 0 bridgehead atoms. The lowest BCUT2D eigenvalue weighted by atomic mass is 9.86. The summed E-state index contributed by atoms with van der Waals surface area (Å²) >= 11 is 0. The Morgan fingerprint density at radius 1 is 0.623 bits per heavy atom. The highest BCUT2D eigenvalue weighted by Crippen LogP contribution is 2.40. The fourth-order valence-electron chi connectivity index (χ4n) is 9.68. The molecule has 8 rings (SSSR count). The molecule has 14 nitrogen and oxygen atoms in total. The number of nitrogens with zero attached hydrogens (tertiary/aromatic N) is 4. The zero-order chi connectivity index (χ0) is 42.9. The van der Waals surface area contributed by atoms with E-state index in [0.717, 1.165) is 96.2 Å². The van der Waals surface area contributed by atoms with Gasteiger partial charge in [0.2, 0.25) is 11.8 Å². The van der Waals surface area contributed by atoms with E-state index in [1.807, 2.05) is 37.5 Å². The maximum absolute atomic E-state index is 13.8. The van der Waals surface area contributed by atoms with Crippen LogP contribution in [0, 0.1) is 11.8 Å². The van der Waals surface area contributed by atoms with Gasteiger partial charge in [0.1, 0.15) is 23.7 Å². The molecule has 2 saturated heterocycles. The van der Waals surface area contributed by atoms with Gasteiger partial charge in [0.25, 0.3) is 0 Å². The van der Waals surface area contributed by atoms with Gasteiger partial charge in [-0.15, -0.1) is 0 Å². The van der Waals surface area contributed by atoms with E-state index in [-0.39, 0.29) is 35.7 Å². The number of aromatic amines is 2. The lowest BCUT2D eigenvalue weighted by Crippen LogP contribution is -2.51. The second kappa shape index (κ2) is 17.6. The number of alkyl carbamates (subject to hydrolysis) is 2. The number of imidazole rings is 2. The highest BCUT2D eigenvalue weighted by atomic mass is 16.5. The SMILES string of the molecule is COC(=O)NC(C(=O)N1CCCC1c1nc2ccc(-c3ccc(-c4ccc5nc(C6CCCN6C(=O)C(NC(=O)OC)C(C)C)[nH]c5c4)c4c3CCCCC4)cc2[nH]1)C(C)C. The number of carbonyl (C=O) groups excluding carboxylic acids is 4. The third kappa shape index (κ3) is 8.28. The van der Waals surface area contributed by atoms with Crippen LogP contribution in [0.1, 0.15) is 108 Å². The molecule has 4 atom stereocenters. The van der Waals surface area contributed by atoms with Crippen LogP contribution in [0.15, 0.2) is 48.5 Å². The molecule has 2 aliphatic heterocycles. The van der Waals surface area contributed by atoms with E-state index in [9.17, 15) is 19.2 Å². The number of ether oxygens (including phenoxy) is 2. The molecular formula is C47H58N8O6. The van der Waals surface area contributed by atoms with Crippen molar-refractivity contribution >= 4 is 46.1 Å². The molecule has 322 valence electrons. The second-order valence-electron chi connectivity index (χ2n) is 17.5. The van der Waals surface area contributed by atoms with Crippen LogP contribution in [-0.4, -0.2) is 93.1 Å². The molecule has 61 heavy (non-hydrogen) atoms. The van der Waals surface area contributed by atoms with Crippen LogP contribution in [0.5, 0.6) is 0 Å². The molecule has 0 radical (unpaired) electrons. The number of aromatic nitrogens is 4. The second-order valence-corrected chi connectivity index (χ2v) is 17.5. The Hall–Kier alpha value is -5.92. The summed E-state index contributed by atoms with van der Waals surface area (Å²) < 4.78 is 9.62. The Kier molecular flexibility index (Phi) is 12.1. The number of H-pyrrole nitrogens is 2. The van der Waals surface area contributed by atoms with Gasteiger partial charge in [-0.25, -0.2) is 19.6 Å². The highest BCUT2D eigenvalue weighted by Gasteiger charge is 2.39. The number of rotatable bonds is 10. The smallest absolute Gasteiger partial charge is 0.407 e. The summed E-state index contributed by atoms with van der Waals surface area (Å²) in [6.07, 6.45) is 7.45. The first-order valence-electron chi connectivity index (χ1n) is 21.9. The van der Waals surface area contributed by atoms with Crippen LogP contribution in [0.2, 0.25) is 0 Å². The van der Waals surface area contributed by atoms with Gasteiger partial charge in [-0.1, -0.05) is 58.4 Å². The molecule has 2 aromatic heterocycles. The Morgan fingerprint density at radius 2 is 1.05 bits per heavy atom. The van der Waals surface area contributed by atoms with Crippen molar-refractivity contribution in [2.75, 3.05) is 27.3 Å². The van der Waals surface area contributed by atoms with Crippen molar-refractivity contribution in [1.82, 2.24) is 40.4 Å². The minimum absolute atomic E-state index is 0.108. The molecule has 4 unspecified atom stereocenters. The first kappa shape index (κ1) is 41.8. The lowest BCUT2D eigenvalue weighted by molar-refractivity contribution is -0.136. The number of amides is 4. The monoisotopic (exact) mass is 830 g/mol. The zero-order valence-electron chi connectivity index (χ0n) is 36.1. The van der Waals surface area contributed by atoms with Crippen LogP contribution >= 0.6 is 0 Å². The molecule has 14 heteroatoms. The number of hydrogen-bond donors (Lipinski definition) is 4. The molecule has 3 aromatic carbocycles. The highest BCUT2D eigenvalue weighted by molar-refractivity contribution is 5.89. The topological polar surface area (TPSA) is 175 Å². The van der Waals surface area contributed by atoms with Crippen LogP contribution in [-0.2, 0) is 31.9 Å². The number of carbonyl (C=O) groups is 4. The van der Waals surface area contributed by atoms with Crippen molar-refractivity contribution in [2.45, 2.75) is 110 Å². The Balaban J connectivity index is 1.07. The molecule has 0 saturated carbocycles. The predicted octanol–water partition coefficient (Wildman–Crippen LogP) is 8.13. The van der Waals surface area contributed by atoms with E-state index in [1.54, 1.807) is 0 Å². The van der Waals surface area contributed by atoms with Gasteiger partial charge in [0.15, 0.2) is 0 Å². The van der Waals surface area contributed by atoms with Crippen molar-refractivity contribution in [1.29, 1.82) is 0 Å².